The van der Waals surface area contributed by atoms with Crippen molar-refractivity contribution in [2.75, 3.05) is 19.6 Å². The molecule has 104 valence electrons. The highest BCUT2D eigenvalue weighted by molar-refractivity contribution is 5.85. The van der Waals surface area contributed by atoms with E-state index in [0.717, 1.165) is 19.0 Å². The van der Waals surface area contributed by atoms with E-state index in [0.29, 0.717) is 0 Å². The molecule has 2 nitrogen and oxygen atoms in total. The number of piperidine rings is 1. The molecular weight excluding hydrogens is 267 g/mol. The van der Waals surface area contributed by atoms with Gasteiger partial charge in [-0.05, 0) is 50.4 Å². The van der Waals surface area contributed by atoms with Gasteiger partial charge in [0.15, 0.2) is 0 Å². The molecule has 1 fully saturated rings. The van der Waals surface area contributed by atoms with Crippen molar-refractivity contribution in [2.45, 2.75) is 25.8 Å². The number of hydrogen-bond acceptors (Lipinski definition) is 2. The predicted molar refractivity (Wildman–Crippen MR) is 82.9 cm³/mol. The first kappa shape index (κ1) is 17.7. The standard InChI is InChI=1S/C14H22N2.2ClH/c1-2-4-14(5-3-1)12-16-11-8-13-6-9-15-10-7-13;;/h1-5,13,15-16H,6-12H2;2*1H. The molecule has 0 saturated carbocycles. The Bertz CT molecular complexity index is 287. The summed E-state index contributed by atoms with van der Waals surface area (Å²) in [6, 6.07) is 10.6. The van der Waals surface area contributed by atoms with Crippen molar-refractivity contribution in [1.82, 2.24) is 10.6 Å². The smallest absolute Gasteiger partial charge is 0.0205 e. The van der Waals surface area contributed by atoms with E-state index < -0.39 is 0 Å². The summed E-state index contributed by atoms with van der Waals surface area (Å²) in [7, 11) is 0. The number of hydrogen-bond donors (Lipinski definition) is 2. The van der Waals surface area contributed by atoms with Crippen LogP contribution in [0.4, 0.5) is 0 Å². The first-order valence-corrected chi connectivity index (χ1v) is 6.40. The molecule has 4 heteroatoms. The fraction of sp³-hybridized carbons (Fsp3) is 0.571. The maximum Gasteiger partial charge on any atom is 0.0205 e. The van der Waals surface area contributed by atoms with Crippen molar-refractivity contribution in [3.8, 4) is 0 Å². The van der Waals surface area contributed by atoms with Crippen LogP contribution >= 0.6 is 24.8 Å². The van der Waals surface area contributed by atoms with Gasteiger partial charge < -0.3 is 10.6 Å². The minimum Gasteiger partial charge on any atom is -0.317 e. The van der Waals surface area contributed by atoms with Crippen LogP contribution in [0.5, 0.6) is 0 Å². The van der Waals surface area contributed by atoms with Crippen LogP contribution in [-0.4, -0.2) is 19.6 Å². The Kier molecular flexibility index (Phi) is 10.5. The van der Waals surface area contributed by atoms with Crippen LogP contribution in [-0.2, 0) is 6.54 Å². The van der Waals surface area contributed by atoms with Gasteiger partial charge >= 0.3 is 0 Å². The molecule has 1 heterocycles. The molecule has 0 spiro atoms. The molecule has 2 N–H and O–H groups in total. The van der Waals surface area contributed by atoms with E-state index >= 15 is 0 Å². The molecule has 0 aliphatic carbocycles. The summed E-state index contributed by atoms with van der Waals surface area (Å²) in [5, 5.41) is 6.94. The molecule has 18 heavy (non-hydrogen) atoms. The van der Waals surface area contributed by atoms with Crippen molar-refractivity contribution >= 4 is 24.8 Å². The van der Waals surface area contributed by atoms with Gasteiger partial charge in [0.1, 0.15) is 0 Å². The molecule has 1 aromatic carbocycles. The maximum absolute atomic E-state index is 3.53. The van der Waals surface area contributed by atoms with E-state index in [1.54, 1.807) is 0 Å². The first-order chi connectivity index (χ1) is 7.95. The summed E-state index contributed by atoms with van der Waals surface area (Å²) in [5.41, 5.74) is 1.38. The molecule has 2 rings (SSSR count). The van der Waals surface area contributed by atoms with Crippen molar-refractivity contribution in [3.63, 3.8) is 0 Å². The molecule has 1 aliphatic heterocycles. The number of rotatable bonds is 5. The second-order valence-corrected chi connectivity index (χ2v) is 4.64. The first-order valence-electron chi connectivity index (χ1n) is 6.40. The summed E-state index contributed by atoms with van der Waals surface area (Å²) < 4.78 is 0. The lowest BCUT2D eigenvalue weighted by Gasteiger charge is -2.22. The zero-order valence-corrected chi connectivity index (χ0v) is 12.4. The van der Waals surface area contributed by atoms with E-state index in [2.05, 4.69) is 41.0 Å². The van der Waals surface area contributed by atoms with Gasteiger partial charge in [-0.1, -0.05) is 30.3 Å². The second-order valence-electron chi connectivity index (χ2n) is 4.64. The quantitative estimate of drug-likeness (QED) is 0.815. The lowest BCUT2D eigenvalue weighted by molar-refractivity contribution is 0.348. The van der Waals surface area contributed by atoms with Crippen LogP contribution < -0.4 is 10.6 Å². The minimum absolute atomic E-state index is 0. The molecule has 0 bridgehead atoms. The van der Waals surface area contributed by atoms with Gasteiger partial charge in [0.05, 0.1) is 0 Å². The van der Waals surface area contributed by atoms with Gasteiger partial charge in [-0.2, -0.15) is 0 Å². The third-order valence-electron chi connectivity index (χ3n) is 3.36. The highest BCUT2D eigenvalue weighted by Crippen LogP contribution is 2.14. The minimum atomic E-state index is 0. The van der Waals surface area contributed by atoms with Gasteiger partial charge in [-0.15, -0.1) is 24.8 Å². The Labute approximate surface area is 123 Å². The molecular formula is C14H24Cl2N2. The zero-order chi connectivity index (χ0) is 11.1. The van der Waals surface area contributed by atoms with Crippen LogP contribution in [0.25, 0.3) is 0 Å². The molecule has 0 atom stereocenters. The average molecular weight is 291 g/mol. The van der Waals surface area contributed by atoms with E-state index in [4.69, 9.17) is 0 Å². The van der Waals surface area contributed by atoms with E-state index in [-0.39, 0.29) is 24.8 Å². The summed E-state index contributed by atoms with van der Waals surface area (Å²) in [4.78, 5) is 0. The van der Waals surface area contributed by atoms with E-state index in [1.807, 2.05) is 0 Å². The van der Waals surface area contributed by atoms with Crippen LogP contribution in [0.1, 0.15) is 24.8 Å². The summed E-state index contributed by atoms with van der Waals surface area (Å²) in [5.74, 6) is 0.935. The predicted octanol–water partition coefficient (Wildman–Crippen LogP) is 3.01. The molecule has 1 aromatic rings. The van der Waals surface area contributed by atoms with Crippen molar-refractivity contribution in [1.29, 1.82) is 0 Å². The van der Waals surface area contributed by atoms with Gasteiger partial charge in [-0.25, -0.2) is 0 Å². The molecule has 0 radical (unpaired) electrons. The Morgan fingerprint density at radius 3 is 2.39 bits per heavy atom. The average Bonchev–Trinajstić information content (AvgIpc) is 2.37. The fourth-order valence-corrected chi connectivity index (χ4v) is 2.31. The highest BCUT2D eigenvalue weighted by atomic mass is 35.5. The van der Waals surface area contributed by atoms with Crippen molar-refractivity contribution in [2.24, 2.45) is 5.92 Å². The monoisotopic (exact) mass is 290 g/mol. The largest absolute Gasteiger partial charge is 0.317 e. The second kappa shape index (κ2) is 10.6. The molecule has 1 saturated heterocycles. The van der Waals surface area contributed by atoms with Gasteiger partial charge in [0, 0.05) is 6.54 Å². The Hall–Kier alpha value is -0.280. The van der Waals surface area contributed by atoms with E-state index in [1.165, 1.54) is 37.9 Å². The number of nitrogens with one attached hydrogen (secondary N) is 2. The van der Waals surface area contributed by atoms with Crippen molar-refractivity contribution < 1.29 is 0 Å². The van der Waals surface area contributed by atoms with Gasteiger partial charge in [0.25, 0.3) is 0 Å². The third-order valence-corrected chi connectivity index (χ3v) is 3.36. The third kappa shape index (κ3) is 6.60. The Balaban J connectivity index is 0.00000144. The molecule has 0 aromatic heterocycles. The molecule has 1 aliphatic rings. The molecule has 0 amide bonds. The lowest BCUT2D eigenvalue weighted by Crippen LogP contribution is -2.29. The lowest BCUT2D eigenvalue weighted by atomic mass is 9.95. The summed E-state index contributed by atoms with van der Waals surface area (Å²) >= 11 is 0. The SMILES string of the molecule is Cl.Cl.c1ccc(CNCCC2CCNCC2)cc1. The van der Waals surface area contributed by atoms with Crippen LogP contribution in [0.15, 0.2) is 30.3 Å². The Morgan fingerprint density at radius 1 is 1.06 bits per heavy atom. The van der Waals surface area contributed by atoms with Crippen LogP contribution in [0, 0.1) is 5.92 Å². The number of halogens is 2. The van der Waals surface area contributed by atoms with Gasteiger partial charge in [-0.3, -0.25) is 0 Å². The van der Waals surface area contributed by atoms with Crippen molar-refractivity contribution in [3.05, 3.63) is 35.9 Å². The fourth-order valence-electron chi connectivity index (χ4n) is 2.31. The Morgan fingerprint density at radius 2 is 1.72 bits per heavy atom. The highest BCUT2D eigenvalue weighted by Gasteiger charge is 2.11. The summed E-state index contributed by atoms with van der Waals surface area (Å²) in [6.45, 7) is 4.58. The molecule has 0 unspecified atom stereocenters. The normalized spacial score (nSPS) is 15.6. The maximum atomic E-state index is 3.53. The van der Waals surface area contributed by atoms with Crippen LogP contribution in [0.2, 0.25) is 0 Å². The van der Waals surface area contributed by atoms with Gasteiger partial charge in [0.2, 0.25) is 0 Å². The summed E-state index contributed by atoms with van der Waals surface area (Å²) in [6.07, 6.45) is 4.04. The zero-order valence-electron chi connectivity index (χ0n) is 10.7. The number of benzene rings is 1. The van der Waals surface area contributed by atoms with E-state index in [9.17, 15) is 0 Å². The van der Waals surface area contributed by atoms with Crippen LogP contribution in [0.3, 0.4) is 0 Å². The topological polar surface area (TPSA) is 24.1 Å².